The number of hydrogen-bond donors (Lipinski definition) is 1. The molecule has 2 saturated heterocycles. The van der Waals surface area contributed by atoms with Crippen molar-refractivity contribution in [1.82, 2.24) is 9.97 Å². The quantitative estimate of drug-likeness (QED) is 0.551. The number of rotatable bonds is 3. The van der Waals surface area contributed by atoms with Gasteiger partial charge in [0.15, 0.2) is 0 Å². The monoisotopic (exact) mass is 500 g/mol. The van der Waals surface area contributed by atoms with Gasteiger partial charge in [0.25, 0.3) is 0 Å². The maximum Gasteiger partial charge on any atom is 0.337 e. The lowest BCUT2D eigenvalue weighted by atomic mass is 9.84. The van der Waals surface area contributed by atoms with Gasteiger partial charge in [-0.15, -0.1) is 0 Å². The smallest absolute Gasteiger partial charge is 0.337 e. The molecule has 4 heterocycles. The Morgan fingerprint density at radius 3 is 1.80 bits per heavy atom. The topological polar surface area (TPSA) is 81.5 Å². The van der Waals surface area contributed by atoms with E-state index in [1.165, 1.54) is 36.7 Å². The zero-order chi connectivity index (χ0) is 23.5. The van der Waals surface area contributed by atoms with E-state index in [0.717, 1.165) is 80.7 Å². The van der Waals surface area contributed by atoms with Crippen LogP contribution in [0.1, 0.15) is 90.7 Å². The number of fused-ring (bicyclic) bond motifs is 2. The predicted molar refractivity (Wildman–Crippen MR) is 136 cm³/mol. The molecule has 2 aromatic rings. The van der Waals surface area contributed by atoms with Crippen LogP contribution in [0.2, 0.25) is 5.02 Å². The van der Waals surface area contributed by atoms with E-state index in [-0.39, 0.29) is 7.43 Å². The highest BCUT2D eigenvalue weighted by Gasteiger charge is 2.33. The molecule has 2 aromatic heterocycles. The van der Waals surface area contributed by atoms with E-state index in [0.29, 0.717) is 23.3 Å². The van der Waals surface area contributed by atoms with E-state index in [9.17, 15) is 4.79 Å². The Balaban J connectivity index is 0.000000161. The molecule has 0 saturated carbocycles. The van der Waals surface area contributed by atoms with Gasteiger partial charge in [0, 0.05) is 62.0 Å². The number of carbonyl (C=O) groups is 1. The van der Waals surface area contributed by atoms with Gasteiger partial charge in [-0.05, 0) is 86.5 Å². The van der Waals surface area contributed by atoms with E-state index in [1.54, 1.807) is 12.3 Å². The van der Waals surface area contributed by atoms with Gasteiger partial charge in [-0.3, -0.25) is 9.97 Å². The minimum atomic E-state index is -0.889. The van der Waals surface area contributed by atoms with Crippen LogP contribution in [0.25, 0.3) is 0 Å². The highest BCUT2D eigenvalue weighted by Crippen LogP contribution is 2.42. The summed E-state index contributed by atoms with van der Waals surface area (Å²) >= 11 is 5.97. The van der Waals surface area contributed by atoms with Crippen molar-refractivity contribution >= 4 is 17.6 Å². The third kappa shape index (κ3) is 5.87. The summed E-state index contributed by atoms with van der Waals surface area (Å²) in [7, 11) is 0. The molecule has 4 aliphatic rings. The molecule has 2 aliphatic carbocycles. The summed E-state index contributed by atoms with van der Waals surface area (Å²) in [5.41, 5.74) is 5.24. The van der Waals surface area contributed by atoms with Crippen LogP contribution in [-0.2, 0) is 22.3 Å². The van der Waals surface area contributed by atoms with E-state index in [2.05, 4.69) is 16.0 Å². The van der Waals surface area contributed by atoms with E-state index < -0.39 is 5.97 Å². The number of aryl methyl sites for hydroxylation is 2. The molecule has 0 aromatic carbocycles. The number of aromatic carboxylic acids is 1. The maximum absolute atomic E-state index is 10.9. The molecule has 6 rings (SSSR count). The first kappa shape index (κ1) is 26.1. The van der Waals surface area contributed by atoms with Crippen LogP contribution in [0, 0.1) is 11.8 Å². The third-order valence-corrected chi connectivity index (χ3v) is 8.24. The Labute approximate surface area is 213 Å². The van der Waals surface area contributed by atoms with Crippen molar-refractivity contribution < 1.29 is 19.4 Å². The summed E-state index contributed by atoms with van der Waals surface area (Å²) in [5, 5.41) is 9.74. The zero-order valence-electron chi connectivity index (χ0n) is 19.5. The number of aromatic nitrogens is 2. The van der Waals surface area contributed by atoms with Crippen LogP contribution in [-0.4, -0.2) is 47.5 Å². The van der Waals surface area contributed by atoms with Crippen LogP contribution in [0.4, 0.5) is 0 Å². The molecule has 0 unspecified atom stereocenters. The molecule has 0 spiro atoms. The molecule has 1 N–H and O–H groups in total. The largest absolute Gasteiger partial charge is 0.478 e. The van der Waals surface area contributed by atoms with Gasteiger partial charge in [0.05, 0.1) is 10.6 Å². The van der Waals surface area contributed by atoms with E-state index in [1.807, 2.05) is 0 Å². The van der Waals surface area contributed by atoms with Crippen molar-refractivity contribution in [3.8, 4) is 0 Å². The van der Waals surface area contributed by atoms with Gasteiger partial charge < -0.3 is 14.6 Å². The standard InChI is InChI=1S/C14H17NO3.C13H16ClNO.CH4/c16-14(17)11-7-10-1-2-12(13(10)15-8-11)9-3-5-18-6-4-9;14-11-7-10-1-2-12(13(10)15-8-11)9-3-5-16-6-4-9;/h7-9,12H,1-6H2,(H,16,17);7-9,12H,1-6H2;1H4/t2*12-;/m00./s1. The second-order valence-corrected chi connectivity index (χ2v) is 10.4. The third-order valence-electron chi connectivity index (χ3n) is 8.04. The number of ether oxygens (including phenoxy) is 2. The molecule has 7 heteroatoms. The molecule has 2 atom stereocenters. The predicted octanol–water partition coefficient (Wildman–Crippen LogP) is 6.06. The van der Waals surface area contributed by atoms with Gasteiger partial charge >= 0.3 is 5.97 Å². The highest BCUT2D eigenvalue weighted by molar-refractivity contribution is 6.30. The molecular formula is C28H37ClN2O4. The van der Waals surface area contributed by atoms with Crippen LogP contribution in [0.3, 0.4) is 0 Å². The number of pyridine rings is 2. The minimum absolute atomic E-state index is 0. The second kappa shape index (κ2) is 11.8. The summed E-state index contributed by atoms with van der Waals surface area (Å²) in [4.78, 5) is 19.9. The first-order valence-electron chi connectivity index (χ1n) is 12.6. The van der Waals surface area contributed by atoms with Crippen LogP contribution < -0.4 is 0 Å². The number of carboxylic acid groups (broad SMARTS) is 1. The van der Waals surface area contributed by atoms with E-state index >= 15 is 0 Å². The normalized spacial score (nSPS) is 24.0. The summed E-state index contributed by atoms with van der Waals surface area (Å²) in [6, 6.07) is 3.88. The SMILES string of the molecule is C.Clc1cnc2c(c1)CC[C@H]2C1CCOCC1.O=C(O)c1cnc2c(c1)CC[C@H]2C1CCOCC1. The lowest BCUT2D eigenvalue weighted by Crippen LogP contribution is -2.21. The molecule has 190 valence electrons. The zero-order valence-corrected chi connectivity index (χ0v) is 20.3. The Kier molecular flexibility index (Phi) is 8.79. The van der Waals surface area contributed by atoms with Crippen molar-refractivity contribution in [3.63, 3.8) is 0 Å². The number of hydrogen-bond acceptors (Lipinski definition) is 5. The van der Waals surface area contributed by atoms with Crippen molar-refractivity contribution in [2.45, 2.75) is 70.6 Å². The molecular weight excluding hydrogens is 464 g/mol. The lowest BCUT2D eigenvalue weighted by molar-refractivity contribution is 0.0574. The highest BCUT2D eigenvalue weighted by atomic mass is 35.5. The van der Waals surface area contributed by atoms with Crippen molar-refractivity contribution in [2.24, 2.45) is 11.8 Å². The molecule has 35 heavy (non-hydrogen) atoms. The first-order valence-corrected chi connectivity index (χ1v) is 13.0. The van der Waals surface area contributed by atoms with Gasteiger partial charge in [0.2, 0.25) is 0 Å². The summed E-state index contributed by atoms with van der Waals surface area (Å²) in [6.45, 7) is 3.54. The van der Waals surface area contributed by atoms with Crippen LogP contribution in [0.15, 0.2) is 24.5 Å². The molecule has 6 nitrogen and oxygen atoms in total. The molecule has 2 fully saturated rings. The Bertz CT molecular complexity index is 1020. The Morgan fingerprint density at radius 2 is 1.29 bits per heavy atom. The van der Waals surface area contributed by atoms with Gasteiger partial charge in [-0.25, -0.2) is 4.79 Å². The fraction of sp³-hybridized carbons (Fsp3) is 0.607. The number of halogens is 1. The van der Waals surface area contributed by atoms with Gasteiger partial charge in [-0.2, -0.15) is 0 Å². The summed E-state index contributed by atoms with van der Waals surface area (Å²) in [6.07, 6.45) is 12.3. The Hall–Kier alpha value is -2.02. The molecule has 0 radical (unpaired) electrons. The average Bonchev–Trinajstić information content (AvgIpc) is 3.49. The van der Waals surface area contributed by atoms with Crippen molar-refractivity contribution in [2.75, 3.05) is 26.4 Å². The van der Waals surface area contributed by atoms with Crippen LogP contribution in [0.5, 0.6) is 0 Å². The fourth-order valence-corrected chi connectivity index (χ4v) is 6.43. The van der Waals surface area contributed by atoms with Gasteiger partial charge in [-0.1, -0.05) is 19.0 Å². The second-order valence-electron chi connectivity index (χ2n) is 9.96. The van der Waals surface area contributed by atoms with Crippen molar-refractivity contribution in [1.29, 1.82) is 0 Å². The van der Waals surface area contributed by atoms with Gasteiger partial charge in [0.1, 0.15) is 0 Å². The first-order chi connectivity index (χ1) is 16.6. The fourth-order valence-electron chi connectivity index (χ4n) is 6.25. The Morgan fingerprint density at radius 1 is 0.800 bits per heavy atom. The average molecular weight is 501 g/mol. The van der Waals surface area contributed by atoms with Crippen molar-refractivity contribution in [3.05, 3.63) is 57.6 Å². The number of carboxylic acids is 1. The lowest BCUT2D eigenvalue weighted by Gasteiger charge is -2.27. The summed E-state index contributed by atoms with van der Waals surface area (Å²) < 4.78 is 10.8. The number of nitrogens with zero attached hydrogens (tertiary/aromatic N) is 2. The molecule has 0 amide bonds. The van der Waals surface area contributed by atoms with Crippen LogP contribution >= 0.6 is 11.6 Å². The van der Waals surface area contributed by atoms with E-state index in [4.69, 9.17) is 26.2 Å². The minimum Gasteiger partial charge on any atom is -0.478 e. The summed E-state index contributed by atoms with van der Waals surface area (Å²) in [5.74, 6) is 1.69. The molecule has 2 aliphatic heterocycles. The maximum atomic E-state index is 10.9. The molecule has 0 bridgehead atoms.